The second-order valence-corrected chi connectivity index (χ2v) is 10.9. The zero-order valence-corrected chi connectivity index (χ0v) is 19.3. The minimum Gasteiger partial charge on any atom is -0.369 e. The van der Waals surface area contributed by atoms with E-state index in [0.717, 1.165) is 37.8 Å². The van der Waals surface area contributed by atoms with Crippen molar-refractivity contribution in [1.82, 2.24) is 4.90 Å². The number of aryl methyl sites for hydroxylation is 1. The lowest BCUT2D eigenvalue weighted by Crippen LogP contribution is -2.60. The molecule has 0 unspecified atom stereocenters. The van der Waals surface area contributed by atoms with Crippen molar-refractivity contribution in [2.75, 3.05) is 19.6 Å². The number of rotatable bonds is 9. The summed E-state index contributed by atoms with van der Waals surface area (Å²) in [5.41, 5.74) is 12.9. The number of unbranched alkanes of at least 4 members (excludes halogenated alkanes) is 1. The first-order valence-corrected chi connectivity index (χ1v) is 12.4. The van der Waals surface area contributed by atoms with Crippen LogP contribution in [0.5, 0.6) is 0 Å². The quantitative estimate of drug-likeness (QED) is 0.460. The smallest absolute Gasteiger partial charge is 0.225 e. The lowest BCUT2D eigenvalue weighted by atomic mass is 9.53. The average Bonchev–Trinajstić information content (AvgIpc) is 3.13. The normalized spacial score (nSPS) is 34.4. The van der Waals surface area contributed by atoms with Gasteiger partial charge in [-0.3, -0.25) is 9.59 Å². The first kappa shape index (κ1) is 21.7. The van der Waals surface area contributed by atoms with Gasteiger partial charge in [-0.25, -0.2) is 0 Å². The molecule has 4 atom stereocenters. The molecule has 32 heavy (non-hydrogen) atoms. The first-order chi connectivity index (χ1) is 15.4. The van der Waals surface area contributed by atoms with Crippen LogP contribution >= 0.6 is 0 Å². The predicted molar refractivity (Wildman–Crippen MR) is 125 cm³/mol. The van der Waals surface area contributed by atoms with Crippen LogP contribution < -0.4 is 11.5 Å². The Morgan fingerprint density at radius 2 is 1.53 bits per heavy atom. The van der Waals surface area contributed by atoms with Crippen molar-refractivity contribution in [2.24, 2.45) is 39.5 Å². The molecule has 2 amide bonds. The largest absolute Gasteiger partial charge is 0.369 e. The number of primary amides is 2. The molecule has 3 fully saturated rings. The van der Waals surface area contributed by atoms with E-state index in [-0.39, 0.29) is 29.1 Å². The van der Waals surface area contributed by atoms with Crippen molar-refractivity contribution >= 4 is 11.8 Å². The molecule has 5 heteroatoms. The number of likely N-dealkylation sites (tertiary alicyclic amines) is 1. The van der Waals surface area contributed by atoms with Crippen LogP contribution in [0.25, 0.3) is 0 Å². The van der Waals surface area contributed by atoms with Gasteiger partial charge in [0, 0.05) is 0 Å². The van der Waals surface area contributed by atoms with E-state index < -0.39 is 10.8 Å². The molecule has 172 valence electrons. The zero-order chi connectivity index (χ0) is 22.6. The summed E-state index contributed by atoms with van der Waals surface area (Å²) < 4.78 is 0. The van der Waals surface area contributed by atoms with E-state index >= 15 is 0 Å². The van der Waals surface area contributed by atoms with Gasteiger partial charge in [-0.2, -0.15) is 0 Å². The number of amides is 2. The molecule has 0 aromatic heterocycles. The lowest BCUT2D eigenvalue weighted by Gasteiger charge is -2.48. The van der Waals surface area contributed by atoms with Gasteiger partial charge in [0.05, 0.1) is 10.8 Å². The third kappa shape index (κ3) is 2.93. The predicted octanol–water partition coefficient (Wildman–Crippen LogP) is 3.34. The minimum absolute atomic E-state index is 0.00368. The molecule has 1 spiro atoms. The highest BCUT2D eigenvalue weighted by atomic mass is 16.2. The topological polar surface area (TPSA) is 89.4 Å². The van der Waals surface area contributed by atoms with Crippen molar-refractivity contribution < 1.29 is 9.59 Å². The highest BCUT2D eigenvalue weighted by molar-refractivity contribution is 5.95. The van der Waals surface area contributed by atoms with Crippen LogP contribution in [0.15, 0.2) is 36.4 Å². The summed E-state index contributed by atoms with van der Waals surface area (Å²) in [6.45, 7) is 5.47. The fraction of sp³-hybridized carbons (Fsp3) is 0.630. The van der Waals surface area contributed by atoms with Crippen LogP contribution in [0.4, 0.5) is 0 Å². The van der Waals surface area contributed by atoms with Gasteiger partial charge in [0.15, 0.2) is 0 Å². The summed E-state index contributed by atoms with van der Waals surface area (Å²) >= 11 is 0. The third-order valence-electron chi connectivity index (χ3n) is 9.40. The van der Waals surface area contributed by atoms with E-state index in [1.54, 1.807) is 0 Å². The number of carbonyl (C=O) groups is 2. The molecule has 4 aliphatic rings. The van der Waals surface area contributed by atoms with Crippen LogP contribution in [-0.2, 0) is 16.0 Å². The highest BCUT2D eigenvalue weighted by Gasteiger charge is 2.81. The maximum Gasteiger partial charge on any atom is 0.225 e. The molecule has 1 heterocycles. The number of hydrogen-bond donors (Lipinski definition) is 2. The van der Waals surface area contributed by atoms with Crippen molar-refractivity contribution in [3.8, 4) is 0 Å². The summed E-state index contributed by atoms with van der Waals surface area (Å²) in [7, 11) is 0. The minimum atomic E-state index is -0.947. The van der Waals surface area contributed by atoms with E-state index in [1.165, 1.54) is 31.5 Å². The Morgan fingerprint density at radius 1 is 0.938 bits per heavy atom. The van der Waals surface area contributed by atoms with Crippen LogP contribution in [0.2, 0.25) is 0 Å². The molecule has 0 radical (unpaired) electrons. The second kappa shape index (κ2) is 7.72. The van der Waals surface area contributed by atoms with Gasteiger partial charge in [0.25, 0.3) is 0 Å². The van der Waals surface area contributed by atoms with Crippen molar-refractivity contribution in [3.05, 3.63) is 47.5 Å². The van der Waals surface area contributed by atoms with E-state index in [4.69, 9.17) is 11.5 Å². The first-order valence-electron chi connectivity index (χ1n) is 12.4. The summed E-state index contributed by atoms with van der Waals surface area (Å²) in [6.07, 6.45) is 12.2. The molecule has 4 N–H and O–H groups in total. The molecule has 2 bridgehead atoms. The SMILES string of the molecule is Cc1ccc(C[C@@]2(C(N)=O)[C@H]3C=C[C@H](C34CC4)[C@@]2(CCCCN2CCCC2)C(N)=O)cc1. The lowest BCUT2D eigenvalue weighted by molar-refractivity contribution is -0.151. The van der Waals surface area contributed by atoms with Crippen LogP contribution in [0.3, 0.4) is 0 Å². The molecular formula is C27H37N3O2. The number of allylic oxidation sites excluding steroid dienone is 2. The van der Waals surface area contributed by atoms with Crippen LogP contribution in [-0.4, -0.2) is 36.3 Å². The highest BCUT2D eigenvalue weighted by Crippen LogP contribution is 2.81. The number of nitrogens with zero attached hydrogens (tertiary/aromatic N) is 1. The number of nitrogens with two attached hydrogens (primary N) is 2. The van der Waals surface area contributed by atoms with Gasteiger partial charge in [-0.05, 0) is 94.3 Å². The number of benzene rings is 1. The van der Waals surface area contributed by atoms with E-state index in [0.29, 0.717) is 12.8 Å². The van der Waals surface area contributed by atoms with Gasteiger partial charge in [-0.15, -0.1) is 0 Å². The van der Waals surface area contributed by atoms with Crippen molar-refractivity contribution in [1.29, 1.82) is 0 Å². The van der Waals surface area contributed by atoms with Crippen LogP contribution in [0.1, 0.15) is 56.1 Å². The summed E-state index contributed by atoms with van der Waals surface area (Å²) in [6, 6.07) is 8.30. The average molecular weight is 436 g/mol. The van der Waals surface area contributed by atoms with Gasteiger partial charge < -0.3 is 16.4 Å². The van der Waals surface area contributed by atoms with Crippen molar-refractivity contribution in [3.63, 3.8) is 0 Å². The maximum atomic E-state index is 13.4. The van der Waals surface area contributed by atoms with Gasteiger partial charge in [0.2, 0.25) is 11.8 Å². The Bertz CT molecular complexity index is 929. The molecule has 2 saturated carbocycles. The summed E-state index contributed by atoms with van der Waals surface area (Å²) in [5, 5.41) is 0. The third-order valence-corrected chi connectivity index (χ3v) is 9.40. The Morgan fingerprint density at radius 3 is 2.09 bits per heavy atom. The van der Waals surface area contributed by atoms with Gasteiger partial charge in [-0.1, -0.05) is 48.4 Å². The van der Waals surface area contributed by atoms with Crippen molar-refractivity contribution in [2.45, 2.75) is 58.3 Å². The summed E-state index contributed by atoms with van der Waals surface area (Å²) in [5.74, 6) is -0.639. The monoisotopic (exact) mass is 435 g/mol. The Hall–Kier alpha value is -2.14. The van der Waals surface area contributed by atoms with Gasteiger partial charge >= 0.3 is 0 Å². The molecule has 1 aromatic rings. The fourth-order valence-electron chi connectivity index (χ4n) is 7.81. The van der Waals surface area contributed by atoms with E-state index in [2.05, 4.69) is 48.2 Å². The Balaban J connectivity index is 1.50. The Kier molecular flexibility index (Phi) is 5.23. The van der Waals surface area contributed by atoms with Gasteiger partial charge in [0.1, 0.15) is 0 Å². The standard InChI is InChI=1S/C27H37N3O2/c1-19-6-8-20(9-7-19)18-27(24(29)32)22-11-10-21(25(22)13-14-25)26(27,23(28)31)12-2-3-15-30-16-4-5-17-30/h6-11,21-22H,2-5,12-18H2,1H3,(H2,28,31)(H2,29,32)/t21-,22+,26+,27+/m1/s1. The fourth-order valence-corrected chi connectivity index (χ4v) is 7.81. The van der Waals surface area contributed by atoms with Crippen LogP contribution in [0, 0.1) is 35.0 Å². The molecule has 3 aliphatic carbocycles. The summed E-state index contributed by atoms with van der Waals surface area (Å²) in [4.78, 5) is 29.4. The van der Waals surface area contributed by atoms with E-state index in [9.17, 15) is 9.59 Å². The molecule has 1 saturated heterocycles. The number of carbonyl (C=O) groups excluding carboxylic acids is 2. The zero-order valence-electron chi connectivity index (χ0n) is 19.3. The molecular weight excluding hydrogens is 398 g/mol. The molecule has 5 rings (SSSR count). The Labute approximate surface area is 191 Å². The second-order valence-electron chi connectivity index (χ2n) is 10.9. The molecule has 1 aromatic carbocycles. The van der Waals surface area contributed by atoms with E-state index in [1.807, 2.05) is 0 Å². The molecule has 5 nitrogen and oxygen atoms in total. The molecule has 1 aliphatic heterocycles. The number of hydrogen-bond acceptors (Lipinski definition) is 3. The maximum absolute atomic E-state index is 13.4.